The van der Waals surface area contributed by atoms with Crippen molar-refractivity contribution in [1.29, 1.82) is 0 Å². The van der Waals surface area contributed by atoms with Crippen molar-refractivity contribution >= 4 is 6.03 Å². The molecule has 1 saturated heterocycles. The van der Waals surface area contributed by atoms with Crippen molar-refractivity contribution in [2.45, 2.75) is 51.6 Å². The summed E-state index contributed by atoms with van der Waals surface area (Å²) in [7, 11) is 0. The Labute approximate surface area is 92.2 Å². The predicted molar refractivity (Wildman–Crippen MR) is 61.9 cm³/mol. The Kier molecular flexibility index (Phi) is 4.39. The van der Waals surface area contributed by atoms with Crippen LogP contribution in [0.3, 0.4) is 0 Å². The van der Waals surface area contributed by atoms with Crippen molar-refractivity contribution in [2.75, 3.05) is 13.1 Å². The molecule has 4 nitrogen and oxygen atoms in total. The van der Waals surface area contributed by atoms with Gasteiger partial charge in [0.25, 0.3) is 0 Å². The summed E-state index contributed by atoms with van der Waals surface area (Å²) in [6.45, 7) is 8.02. The van der Waals surface area contributed by atoms with Gasteiger partial charge in [0.05, 0.1) is 5.54 Å². The van der Waals surface area contributed by atoms with E-state index in [0.717, 1.165) is 32.4 Å². The molecule has 1 rings (SSSR count). The second kappa shape index (κ2) is 5.35. The highest BCUT2D eigenvalue weighted by Crippen LogP contribution is 2.19. The number of rotatable bonds is 3. The van der Waals surface area contributed by atoms with Gasteiger partial charge in [-0.3, -0.25) is 0 Å². The highest BCUT2D eigenvalue weighted by Gasteiger charge is 2.31. The fraction of sp³-hybridized carbons (Fsp3) is 0.909. The van der Waals surface area contributed by atoms with Gasteiger partial charge < -0.3 is 16.0 Å². The predicted octanol–water partition coefficient (Wildman–Crippen LogP) is 1.23. The Morgan fingerprint density at radius 2 is 2.27 bits per heavy atom. The molecule has 0 radical (unpaired) electrons. The Morgan fingerprint density at radius 3 is 2.73 bits per heavy atom. The first kappa shape index (κ1) is 12.3. The zero-order chi connectivity index (χ0) is 11.3. The Bertz CT molecular complexity index is 210. The average Bonchev–Trinajstić information content (AvgIpc) is 2.17. The fourth-order valence-corrected chi connectivity index (χ4v) is 2.00. The molecule has 0 aromatic heterocycles. The van der Waals surface area contributed by atoms with Crippen LogP contribution in [-0.2, 0) is 0 Å². The van der Waals surface area contributed by atoms with Gasteiger partial charge in [0.1, 0.15) is 0 Å². The molecule has 2 amide bonds. The fourth-order valence-electron chi connectivity index (χ4n) is 2.00. The summed E-state index contributed by atoms with van der Waals surface area (Å²) in [6.07, 6.45) is 3.18. The van der Waals surface area contributed by atoms with E-state index in [1.165, 1.54) is 0 Å². The van der Waals surface area contributed by atoms with E-state index in [1.54, 1.807) is 0 Å². The molecule has 1 unspecified atom stereocenters. The molecule has 4 heteroatoms. The van der Waals surface area contributed by atoms with Gasteiger partial charge in [-0.2, -0.15) is 0 Å². The zero-order valence-electron chi connectivity index (χ0n) is 10.0. The van der Waals surface area contributed by atoms with E-state index in [0.29, 0.717) is 0 Å². The molecule has 0 saturated carbocycles. The van der Waals surface area contributed by atoms with Crippen LogP contribution in [0.15, 0.2) is 0 Å². The lowest BCUT2D eigenvalue weighted by atomic mass is 9.87. The number of carbonyl (C=O) groups is 1. The average molecular weight is 213 g/mol. The SMILES string of the molecule is CCC1(NC(=O)NC(C)C)CCCNC1. The van der Waals surface area contributed by atoms with Gasteiger partial charge in [-0.05, 0) is 39.7 Å². The van der Waals surface area contributed by atoms with Gasteiger partial charge in [0.15, 0.2) is 0 Å². The molecular weight excluding hydrogens is 190 g/mol. The van der Waals surface area contributed by atoms with Crippen LogP contribution in [0.1, 0.15) is 40.0 Å². The van der Waals surface area contributed by atoms with Crippen LogP contribution in [0.25, 0.3) is 0 Å². The Morgan fingerprint density at radius 1 is 1.53 bits per heavy atom. The lowest BCUT2D eigenvalue weighted by Gasteiger charge is -2.37. The molecule has 1 fully saturated rings. The number of amides is 2. The third-order valence-electron chi connectivity index (χ3n) is 2.95. The molecule has 88 valence electrons. The van der Waals surface area contributed by atoms with Gasteiger partial charge >= 0.3 is 6.03 Å². The molecule has 1 aliphatic rings. The number of hydrogen-bond donors (Lipinski definition) is 3. The molecule has 0 aromatic carbocycles. The minimum Gasteiger partial charge on any atom is -0.336 e. The molecule has 15 heavy (non-hydrogen) atoms. The number of nitrogens with one attached hydrogen (secondary N) is 3. The Hall–Kier alpha value is -0.770. The first-order valence-electron chi connectivity index (χ1n) is 5.87. The van der Waals surface area contributed by atoms with Crippen molar-refractivity contribution in [3.63, 3.8) is 0 Å². The summed E-state index contributed by atoms with van der Waals surface area (Å²) < 4.78 is 0. The first-order chi connectivity index (χ1) is 7.08. The number of hydrogen-bond acceptors (Lipinski definition) is 2. The highest BCUT2D eigenvalue weighted by atomic mass is 16.2. The summed E-state index contributed by atoms with van der Waals surface area (Å²) in [4.78, 5) is 11.6. The number of urea groups is 1. The van der Waals surface area contributed by atoms with Gasteiger partial charge in [0.2, 0.25) is 0 Å². The standard InChI is InChI=1S/C11H23N3O/c1-4-11(6-5-7-12-8-11)14-10(15)13-9(2)3/h9,12H,4-8H2,1-3H3,(H2,13,14,15). The molecule has 1 atom stereocenters. The van der Waals surface area contributed by atoms with Crippen molar-refractivity contribution in [3.05, 3.63) is 0 Å². The monoisotopic (exact) mass is 213 g/mol. The zero-order valence-corrected chi connectivity index (χ0v) is 10.0. The first-order valence-corrected chi connectivity index (χ1v) is 5.87. The van der Waals surface area contributed by atoms with Crippen LogP contribution in [-0.4, -0.2) is 30.7 Å². The molecule has 3 N–H and O–H groups in total. The molecule has 0 aliphatic carbocycles. The van der Waals surface area contributed by atoms with Gasteiger partial charge in [-0.1, -0.05) is 6.92 Å². The summed E-state index contributed by atoms with van der Waals surface area (Å²) in [5, 5.41) is 9.31. The van der Waals surface area contributed by atoms with E-state index in [-0.39, 0.29) is 17.6 Å². The van der Waals surface area contributed by atoms with E-state index >= 15 is 0 Å². The van der Waals surface area contributed by atoms with Crippen molar-refractivity contribution in [1.82, 2.24) is 16.0 Å². The van der Waals surface area contributed by atoms with Crippen LogP contribution in [0.4, 0.5) is 4.79 Å². The summed E-state index contributed by atoms with van der Waals surface area (Å²) in [5.41, 5.74) is -0.0444. The van der Waals surface area contributed by atoms with Crippen molar-refractivity contribution in [2.24, 2.45) is 0 Å². The smallest absolute Gasteiger partial charge is 0.315 e. The van der Waals surface area contributed by atoms with Gasteiger partial charge in [-0.25, -0.2) is 4.79 Å². The molecule has 1 aliphatic heterocycles. The maximum atomic E-state index is 11.6. The molecule has 1 heterocycles. The van der Waals surface area contributed by atoms with Crippen LogP contribution in [0.5, 0.6) is 0 Å². The summed E-state index contributed by atoms with van der Waals surface area (Å²) >= 11 is 0. The highest BCUT2D eigenvalue weighted by molar-refractivity contribution is 5.75. The Balaban J connectivity index is 2.47. The van der Waals surface area contributed by atoms with Crippen LogP contribution >= 0.6 is 0 Å². The second-order valence-electron chi connectivity index (χ2n) is 4.67. The number of piperidine rings is 1. The lowest BCUT2D eigenvalue weighted by molar-refractivity contribution is 0.204. The molecule has 0 bridgehead atoms. The second-order valence-corrected chi connectivity index (χ2v) is 4.67. The van der Waals surface area contributed by atoms with E-state index in [1.807, 2.05) is 13.8 Å². The topological polar surface area (TPSA) is 53.2 Å². The van der Waals surface area contributed by atoms with Crippen LogP contribution < -0.4 is 16.0 Å². The molecule has 0 spiro atoms. The third kappa shape index (κ3) is 3.70. The van der Waals surface area contributed by atoms with Crippen molar-refractivity contribution < 1.29 is 4.79 Å². The third-order valence-corrected chi connectivity index (χ3v) is 2.95. The maximum Gasteiger partial charge on any atom is 0.315 e. The summed E-state index contributed by atoms with van der Waals surface area (Å²) in [5.74, 6) is 0. The summed E-state index contributed by atoms with van der Waals surface area (Å²) in [6, 6.07) is 0.144. The minimum atomic E-state index is -0.0458. The van der Waals surface area contributed by atoms with E-state index in [2.05, 4.69) is 22.9 Å². The normalized spacial score (nSPS) is 26.4. The number of carbonyl (C=O) groups excluding carboxylic acids is 1. The van der Waals surface area contributed by atoms with Crippen molar-refractivity contribution in [3.8, 4) is 0 Å². The molecule has 0 aromatic rings. The lowest BCUT2D eigenvalue weighted by Crippen LogP contribution is -2.59. The van der Waals surface area contributed by atoms with Crippen LogP contribution in [0.2, 0.25) is 0 Å². The molecular formula is C11H23N3O. The quantitative estimate of drug-likeness (QED) is 0.660. The van der Waals surface area contributed by atoms with Crippen LogP contribution in [0, 0.1) is 0 Å². The van der Waals surface area contributed by atoms with Gasteiger partial charge in [-0.15, -0.1) is 0 Å². The van der Waals surface area contributed by atoms with E-state index in [4.69, 9.17) is 0 Å². The maximum absolute atomic E-state index is 11.6. The largest absolute Gasteiger partial charge is 0.336 e. The van der Waals surface area contributed by atoms with E-state index < -0.39 is 0 Å². The van der Waals surface area contributed by atoms with Gasteiger partial charge in [0, 0.05) is 12.6 Å². The minimum absolute atomic E-state index is 0.0444. The van der Waals surface area contributed by atoms with E-state index in [9.17, 15) is 4.79 Å².